The van der Waals surface area contributed by atoms with Crippen LogP contribution in [0.1, 0.15) is 21.9 Å². The van der Waals surface area contributed by atoms with Gasteiger partial charge in [-0.15, -0.1) is 5.10 Å². The Morgan fingerprint density at radius 2 is 1.84 bits per heavy atom. The van der Waals surface area contributed by atoms with Gasteiger partial charge in [0, 0.05) is 19.2 Å². The van der Waals surface area contributed by atoms with E-state index in [1.807, 2.05) is 24.3 Å². The molecule has 2 aromatic carbocycles. The van der Waals surface area contributed by atoms with E-state index in [-0.39, 0.29) is 18.3 Å². The predicted octanol–water partition coefficient (Wildman–Crippen LogP) is 5.66. The number of amides is 1. The molecule has 1 N–H and O–H groups in total. The molecule has 0 unspecified atom stereocenters. The van der Waals surface area contributed by atoms with Gasteiger partial charge in [0.1, 0.15) is 24.4 Å². The first-order chi connectivity index (χ1) is 15.0. The van der Waals surface area contributed by atoms with Crippen LogP contribution in [0.5, 0.6) is 5.75 Å². The molecule has 31 heavy (non-hydrogen) atoms. The molecule has 0 spiro atoms. The highest BCUT2D eigenvalue weighted by Crippen LogP contribution is 2.25. The van der Waals surface area contributed by atoms with Crippen LogP contribution in [0.3, 0.4) is 0 Å². The normalized spacial score (nSPS) is 10.8. The Morgan fingerprint density at radius 1 is 1.10 bits per heavy atom. The molecule has 4 rings (SSSR count). The van der Waals surface area contributed by atoms with E-state index in [9.17, 15) is 4.79 Å². The second-order valence-corrected chi connectivity index (χ2v) is 8.49. The van der Waals surface area contributed by atoms with Gasteiger partial charge in [-0.05, 0) is 71.1 Å². The van der Waals surface area contributed by atoms with Crippen molar-refractivity contribution in [2.45, 2.75) is 13.2 Å². The van der Waals surface area contributed by atoms with Gasteiger partial charge in [0.15, 0.2) is 5.76 Å². The quantitative estimate of drug-likeness (QED) is 0.291. The van der Waals surface area contributed by atoms with Gasteiger partial charge in [0.25, 0.3) is 5.91 Å². The summed E-state index contributed by atoms with van der Waals surface area (Å²) in [6, 6.07) is 16.2. The largest absolute Gasteiger partial charge is 0.486 e. The standard InChI is InChI=1S/C21H15Cl2IN4O3/c22-17-2-1-3-18(23)16(17)10-28-12-25-21(27-28)26-20(29)19-9-8-15(31-19)11-30-14-6-4-13(24)5-7-14/h1-9,12H,10-11H2,(H,26,27,29). The van der Waals surface area contributed by atoms with Crippen LogP contribution in [0.25, 0.3) is 0 Å². The third-order valence-corrected chi connectivity index (χ3v) is 5.65. The number of furan rings is 1. The summed E-state index contributed by atoms with van der Waals surface area (Å²) in [5.41, 5.74) is 0.720. The zero-order valence-corrected chi connectivity index (χ0v) is 19.6. The van der Waals surface area contributed by atoms with Crippen LogP contribution in [-0.2, 0) is 13.2 Å². The zero-order valence-electron chi connectivity index (χ0n) is 15.9. The summed E-state index contributed by atoms with van der Waals surface area (Å²) < 4.78 is 13.9. The number of carbonyl (C=O) groups is 1. The number of anilines is 1. The van der Waals surface area contributed by atoms with E-state index in [1.165, 1.54) is 11.0 Å². The van der Waals surface area contributed by atoms with Crippen LogP contribution < -0.4 is 10.1 Å². The average Bonchev–Trinajstić information content (AvgIpc) is 3.40. The van der Waals surface area contributed by atoms with Crippen LogP contribution in [0.4, 0.5) is 5.95 Å². The summed E-state index contributed by atoms with van der Waals surface area (Å²) in [6.45, 7) is 0.529. The van der Waals surface area contributed by atoms with Crippen molar-refractivity contribution in [1.82, 2.24) is 14.8 Å². The molecule has 0 saturated carbocycles. The Bertz CT molecular complexity index is 1190. The molecule has 0 aliphatic carbocycles. The van der Waals surface area contributed by atoms with Crippen molar-refractivity contribution >= 4 is 57.6 Å². The lowest BCUT2D eigenvalue weighted by Crippen LogP contribution is -2.12. The van der Waals surface area contributed by atoms with Gasteiger partial charge in [0.05, 0.1) is 6.54 Å². The first kappa shape index (κ1) is 21.7. The number of rotatable bonds is 7. The Morgan fingerprint density at radius 3 is 2.58 bits per heavy atom. The molecule has 7 nitrogen and oxygen atoms in total. The second kappa shape index (κ2) is 9.71. The maximum atomic E-state index is 12.4. The van der Waals surface area contributed by atoms with Gasteiger partial charge in [-0.1, -0.05) is 29.3 Å². The minimum Gasteiger partial charge on any atom is -0.486 e. The molecule has 0 fully saturated rings. The molecule has 2 aromatic heterocycles. The molecule has 1 amide bonds. The van der Waals surface area contributed by atoms with Crippen LogP contribution in [0.2, 0.25) is 10.0 Å². The van der Waals surface area contributed by atoms with Crippen LogP contribution in [-0.4, -0.2) is 20.7 Å². The molecule has 0 aliphatic heterocycles. The third-order valence-electron chi connectivity index (χ3n) is 4.22. The average molecular weight is 569 g/mol. The lowest BCUT2D eigenvalue weighted by molar-refractivity contribution is 0.0991. The van der Waals surface area contributed by atoms with Gasteiger partial charge in [0.2, 0.25) is 5.95 Å². The second-order valence-electron chi connectivity index (χ2n) is 6.43. The number of hydrogen-bond donors (Lipinski definition) is 1. The summed E-state index contributed by atoms with van der Waals surface area (Å²) >= 11 is 14.6. The smallest absolute Gasteiger partial charge is 0.293 e. The fraction of sp³-hybridized carbons (Fsp3) is 0.0952. The van der Waals surface area contributed by atoms with Crippen molar-refractivity contribution in [2.24, 2.45) is 0 Å². The van der Waals surface area contributed by atoms with E-state index in [2.05, 4.69) is 38.0 Å². The minimum absolute atomic E-state index is 0.131. The molecule has 158 valence electrons. The monoisotopic (exact) mass is 568 g/mol. The number of nitrogens with zero attached hydrogens (tertiary/aromatic N) is 3. The Hall–Kier alpha value is -2.56. The molecule has 4 aromatic rings. The number of hydrogen-bond acceptors (Lipinski definition) is 5. The number of nitrogens with one attached hydrogen (secondary N) is 1. The fourth-order valence-corrected chi connectivity index (χ4v) is 3.58. The SMILES string of the molecule is O=C(Nc1ncn(Cc2c(Cl)cccc2Cl)n1)c1ccc(COc2ccc(I)cc2)o1. The third kappa shape index (κ3) is 5.57. The first-order valence-corrected chi connectivity index (χ1v) is 10.9. The van der Waals surface area contributed by atoms with Crippen molar-refractivity contribution in [3.63, 3.8) is 0 Å². The maximum Gasteiger partial charge on any atom is 0.293 e. The number of aromatic nitrogens is 3. The van der Waals surface area contributed by atoms with E-state index in [1.54, 1.807) is 30.3 Å². The summed E-state index contributed by atoms with van der Waals surface area (Å²) in [7, 11) is 0. The number of halogens is 3. The highest BCUT2D eigenvalue weighted by atomic mass is 127. The predicted molar refractivity (Wildman–Crippen MR) is 126 cm³/mol. The topological polar surface area (TPSA) is 82.2 Å². The molecule has 0 atom stereocenters. The highest BCUT2D eigenvalue weighted by Gasteiger charge is 2.15. The van der Waals surface area contributed by atoms with Crippen LogP contribution >= 0.6 is 45.8 Å². The summed E-state index contributed by atoms with van der Waals surface area (Å²) in [4.78, 5) is 16.5. The van der Waals surface area contributed by atoms with E-state index < -0.39 is 5.91 Å². The van der Waals surface area contributed by atoms with Gasteiger partial charge in [-0.3, -0.25) is 10.1 Å². The molecule has 0 bridgehead atoms. The van der Waals surface area contributed by atoms with Crippen LogP contribution in [0.15, 0.2) is 65.3 Å². The summed E-state index contributed by atoms with van der Waals surface area (Å²) in [5.74, 6) is 1.05. The van der Waals surface area contributed by atoms with E-state index >= 15 is 0 Å². The summed E-state index contributed by atoms with van der Waals surface area (Å²) in [6.07, 6.45) is 1.48. The van der Waals surface area contributed by atoms with E-state index in [0.717, 1.165) is 14.9 Å². The van der Waals surface area contributed by atoms with Crippen LogP contribution in [0, 0.1) is 3.57 Å². The maximum absolute atomic E-state index is 12.4. The highest BCUT2D eigenvalue weighted by molar-refractivity contribution is 14.1. The van der Waals surface area contributed by atoms with Crippen molar-refractivity contribution in [3.05, 3.63) is 91.6 Å². The fourth-order valence-electron chi connectivity index (χ4n) is 2.70. The van der Waals surface area contributed by atoms with Gasteiger partial charge in [-0.25, -0.2) is 9.67 Å². The molecule has 0 aliphatic rings. The van der Waals surface area contributed by atoms with Gasteiger partial charge in [-0.2, -0.15) is 0 Å². The Labute approximate surface area is 201 Å². The van der Waals surface area contributed by atoms with Gasteiger partial charge < -0.3 is 9.15 Å². The number of carbonyl (C=O) groups excluding carboxylic acids is 1. The molecule has 10 heteroatoms. The van der Waals surface area contributed by atoms with Crippen molar-refractivity contribution in [1.29, 1.82) is 0 Å². The Kier molecular flexibility index (Phi) is 6.79. The van der Waals surface area contributed by atoms with Crippen molar-refractivity contribution in [2.75, 3.05) is 5.32 Å². The Balaban J connectivity index is 1.35. The zero-order chi connectivity index (χ0) is 21.8. The lowest BCUT2D eigenvalue weighted by Gasteiger charge is -2.06. The van der Waals surface area contributed by atoms with E-state index in [0.29, 0.717) is 22.4 Å². The molecular formula is C21H15Cl2IN4O3. The summed E-state index contributed by atoms with van der Waals surface area (Å²) in [5, 5.41) is 7.90. The van der Waals surface area contributed by atoms with Crippen molar-refractivity contribution < 1.29 is 13.9 Å². The molecule has 0 radical (unpaired) electrons. The van der Waals surface area contributed by atoms with Crippen molar-refractivity contribution in [3.8, 4) is 5.75 Å². The molecular weight excluding hydrogens is 554 g/mol. The number of ether oxygens (including phenoxy) is 1. The number of benzene rings is 2. The first-order valence-electron chi connectivity index (χ1n) is 9.09. The van der Waals surface area contributed by atoms with Gasteiger partial charge >= 0.3 is 0 Å². The van der Waals surface area contributed by atoms with E-state index in [4.69, 9.17) is 32.4 Å². The lowest BCUT2D eigenvalue weighted by atomic mass is 10.2. The molecule has 2 heterocycles. The molecule has 0 saturated heterocycles. The minimum atomic E-state index is -0.464.